The molecule has 2 aliphatic heterocycles. The number of fused-ring (bicyclic) bond motifs is 4. The van der Waals surface area contributed by atoms with Crippen LogP contribution in [0.2, 0.25) is 0 Å². The van der Waals surface area contributed by atoms with E-state index in [1.165, 1.54) is 89.0 Å². The van der Waals surface area contributed by atoms with E-state index in [-0.39, 0.29) is 80.2 Å². The van der Waals surface area contributed by atoms with Gasteiger partial charge in [0.15, 0.2) is 0 Å². The summed E-state index contributed by atoms with van der Waals surface area (Å²) in [5, 5.41) is 10.4. The number of hydrogen-bond acceptors (Lipinski definition) is 18. The van der Waals surface area contributed by atoms with Crippen LogP contribution >= 0.6 is 0 Å². The number of sulfonamides is 1. The molecule has 8 N–H and O–H groups in total. The number of rotatable bonds is 22. The quantitative estimate of drug-likeness (QED) is 0.0103. The summed E-state index contributed by atoms with van der Waals surface area (Å²) in [5.41, 5.74) is 23.8. The van der Waals surface area contributed by atoms with Crippen molar-refractivity contribution in [2.24, 2.45) is 0 Å². The van der Waals surface area contributed by atoms with Crippen LogP contribution < -0.4 is 99.9 Å². The molecule has 32 heteroatoms. The zero-order valence-electron chi connectivity index (χ0n) is 76.6. The van der Waals surface area contributed by atoms with Crippen LogP contribution in [0.1, 0.15) is 136 Å². The summed E-state index contributed by atoms with van der Waals surface area (Å²) in [4.78, 5) is 6.38. The zero-order valence-corrected chi connectivity index (χ0v) is 85.5. The minimum Gasteiger partial charge on any atom is -0.744 e. The molecule has 2 aliphatic carbocycles. The van der Waals surface area contributed by atoms with E-state index in [9.17, 15) is 51.5 Å². The van der Waals surface area contributed by atoms with Gasteiger partial charge in [0.25, 0.3) is 31.5 Å². The molecule has 2 heterocycles. The van der Waals surface area contributed by atoms with Gasteiger partial charge in [-0.15, -0.1) is 43.0 Å². The summed E-state index contributed by atoms with van der Waals surface area (Å²) in [6.07, 6.45) is 7.51. The van der Waals surface area contributed by atoms with Crippen molar-refractivity contribution in [2.45, 2.75) is 151 Å². The Morgan fingerprint density at radius 2 is 0.854 bits per heavy atom. The van der Waals surface area contributed by atoms with Crippen LogP contribution in [0.25, 0.3) is 79.0 Å². The Labute approximate surface area is 811 Å². The van der Waals surface area contributed by atoms with E-state index < -0.39 is 67.1 Å². The number of benzene rings is 12. The average Bonchev–Trinajstić information content (AvgIpc) is 0.741. The summed E-state index contributed by atoms with van der Waals surface area (Å²) >= 11 is -1.88. The summed E-state index contributed by atoms with van der Waals surface area (Å²) < 4.78 is 187. The minimum atomic E-state index is -4.80. The molecule has 0 bridgehead atoms. The number of aryl methyl sites for hydroxylation is 10. The second kappa shape index (κ2) is 49.4. The molecule has 130 heavy (non-hydrogen) atoms. The average molecular weight is 1900 g/mol. The smallest absolute Gasteiger partial charge is 0.744 e. The van der Waals surface area contributed by atoms with Crippen LogP contribution in [0.15, 0.2) is 242 Å². The summed E-state index contributed by atoms with van der Waals surface area (Å²) in [7, 11) is -19.1. The first-order valence-electron chi connectivity index (χ1n) is 41.4. The first kappa shape index (κ1) is 109. The molecule has 0 amide bonds. The molecule has 1 atom stereocenters. The van der Waals surface area contributed by atoms with E-state index in [4.69, 9.17) is 21.5 Å². The molecule has 10 aromatic carbocycles. The Balaban J connectivity index is 0.000000292. The number of hydrogen-bond donors (Lipinski definition) is 8. The second-order valence-corrected chi connectivity index (χ2v) is 36.1. The Hall–Kier alpha value is -10.1. The van der Waals surface area contributed by atoms with Gasteiger partial charge in [0.1, 0.15) is 42.6 Å². The summed E-state index contributed by atoms with van der Waals surface area (Å²) in [6, 6.07) is 68.9. The van der Waals surface area contributed by atoms with Gasteiger partial charge in [-0.1, -0.05) is 177 Å². The minimum absolute atomic E-state index is 0. The maximum Gasteiger partial charge on any atom is 1.00 e. The number of para-hydroxylation sites is 2. The molecular weight excluding hydrogens is 1790 g/mol. The molecule has 0 saturated heterocycles. The first-order valence-corrected chi connectivity index (χ1v) is 49.6. The predicted octanol–water partition coefficient (Wildman–Crippen LogP) is 12.8. The SMILES string of the molecule is CC.CC.CC.CCc1cc(C)cc(CC)c1Nc1ccc2c(-c3ccccc3S(=O)(=O)O)c3ccc(=[NH+]c4c(CC)cc(C)cc4CC)cc-3oc2c1.COS(=O)Nc1ccc(C=Cc2[c-]cc(NS(C)(=O)=O)cc2)c(S(=O)(=O)[O-])c1.Cc1cccc(C)c1Nc1ccc2c(-c3ccccc3S(=O)(=O)O)c3ccc(=[NH+]c4c(C)cccc4C)cc-3oc2c1.O=S(=O)=O.[Na+].[Na+]. The van der Waals surface area contributed by atoms with Gasteiger partial charge >= 0.3 is 69.7 Å². The van der Waals surface area contributed by atoms with Crippen molar-refractivity contribution in [3.63, 3.8) is 0 Å². The van der Waals surface area contributed by atoms with Crippen molar-refractivity contribution in [3.05, 3.63) is 302 Å². The fourth-order valence-corrected chi connectivity index (χ4v) is 17.5. The molecule has 0 radical (unpaired) electrons. The maximum absolute atomic E-state index is 12.6. The third-order valence-electron chi connectivity index (χ3n) is 20.0. The van der Waals surface area contributed by atoms with E-state index >= 15 is 0 Å². The number of nitrogens with one attached hydrogen (secondary N) is 6. The van der Waals surface area contributed by atoms with Crippen molar-refractivity contribution in [3.8, 4) is 44.9 Å². The largest absolute Gasteiger partial charge is 1.00 e. The molecule has 0 spiro atoms. The normalized spacial score (nSPS) is 11.7. The maximum atomic E-state index is 12.6. The molecule has 14 rings (SSSR count). The molecule has 674 valence electrons. The molecular formula is C98H108N6Na2O18S6+2. The molecule has 4 aliphatic rings. The van der Waals surface area contributed by atoms with E-state index in [0.717, 1.165) is 127 Å². The van der Waals surface area contributed by atoms with Crippen molar-refractivity contribution in [1.29, 1.82) is 0 Å². The van der Waals surface area contributed by atoms with Gasteiger partial charge in [-0.05, 0) is 174 Å². The van der Waals surface area contributed by atoms with Gasteiger partial charge in [-0.2, -0.15) is 22.4 Å². The van der Waals surface area contributed by atoms with Crippen LogP contribution in [-0.2, 0) is 92.1 Å². The van der Waals surface area contributed by atoms with Crippen LogP contribution in [0.5, 0.6) is 0 Å². The Kier molecular flexibility index (Phi) is 41.3. The van der Waals surface area contributed by atoms with E-state index in [1.54, 1.807) is 42.5 Å². The van der Waals surface area contributed by atoms with Gasteiger partial charge in [-0.25, -0.2) is 31.0 Å². The third-order valence-corrected chi connectivity index (χ3v) is 24.0. The monoisotopic (exact) mass is 1890 g/mol. The van der Waals surface area contributed by atoms with Gasteiger partial charge in [0.2, 0.25) is 32.1 Å². The van der Waals surface area contributed by atoms with E-state index in [1.807, 2.05) is 126 Å². The van der Waals surface area contributed by atoms with E-state index in [2.05, 4.69) is 158 Å². The first-order chi connectivity index (χ1) is 60.8. The molecule has 10 aromatic rings. The summed E-state index contributed by atoms with van der Waals surface area (Å²) in [5.74, 6) is 1.16. The Morgan fingerprint density at radius 3 is 1.26 bits per heavy atom. The van der Waals surface area contributed by atoms with Gasteiger partial charge in [0, 0.05) is 119 Å². The molecule has 0 fully saturated rings. The zero-order chi connectivity index (χ0) is 94.3. The molecule has 1 unspecified atom stereocenters. The van der Waals surface area contributed by atoms with Gasteiger partial charge < -0.3 is 28.7 Å². The fraction of sp³-hybridized carbons (Fsp3) is 0.224. The van der Waals surface area contributed by atoms with Crippen molar-refractivity contribution in [1.82, 2.24) is 0 Å². The number of anilines is 6. The molecule has 0 saturated carbocycles. The van der Waals surface area contributed by atoms with Crippen LogP contribution in [0.4, 0.5) is 45.5 Å². The molecule has 0 aromatic heterocycles. The van der Waals surface area contributed by atoms with E-state index in [0.29, 0.717) is 56.2 Å². The van der Waals surface area contributed by atoms with Crippen molar-refractivity contribution in [2.75, 3.05) is 33.4 Å². The fourth-order valence-electron chi connectivity index (χ4n) is 14.5. The summed E-state index contributed by atoms with van der Waals surface area (Å²) in [6.45, 7) is 33.1. The predicted molar refractivity (Wildman–Crippen MR) is 512 cm³/mol. The third kappa shape index (κ3) is 28.7. The van der Waals surface area contributed by atoms with Crippen LogP contribution in [0.3, 0.4) is 0 Å². The van der Waals surface area contributed by atoms with Gasteiger partial charge in [0.05, 0.1) is 30.4 Å². The van der Waals surface area contributed by atoms with Gasteiger partial charge in [-0.3, -0.25) is 18.0 Å². The molecule has 24 nitrogen and oxygen atoms in total. The van der Waals surface area contributed by atoms with Crippen LogP contribution in [-0.4, -0.2) is 77.5 Å². The topological polar surface area (TPSA) is 380 Å². The van der Waals surface area contributed by atoms with Crippen LogP contribution in [0, 0.1) is 47.6 Å². The van der Waals surface area contributed by atoms with Crippen molar-refractivity contribution >= 4 is 142 Å². The standard InChI is InChI=1S/C41H42N2O4S.C35H30N2O4S.C16H17N2O7S3.3C2H6.2Na.O3S/c1-7-27-19-25(5)20-28(8-2)40(27)42-31-15-17-33-36(23-31)47-37-24-32(43-41-29(9-3)21-26(6)22-30(41)10-4)16-18-34(37)39(33)35-13-11-12-14-38(35)48(44,45)46;1-21-9-7-10-22(2)34(21)36-25-15-17-27-30(19-25)41-31-20-26(37-35-23(3)11-8-12-24(35)4)16-18-28(31)33(27)29-13-5-6-14-32(29)42(38,39)40;1-25-26(19)17-15-10-7-13(16(11-15)28(22,23)24)6-3-12-4-8-14(9-5-12)18-27(2,20)21;3*1-2;;;1-4(2)3/h11-24,42H,7-10H2,1-6H3,(H,44,45,46);5-20,36H,1-4H3,(H,38,39,40);3-4,6-11,17-18H,1-2H3,(H,22,23,24);3*1-2H3;;;/q;;-1;;;;2*+1;/p+1. The Morgan fingerprint density at radius 1 is 0.446 bits per heavy atom. The Bertz CT molecular complexity index is 7040. The van der Waals surface area contributed by atoms with Crippen molar-refractivity contribution < 1.29 is 146 Å². The second-order valence-electron chi connectivity index (χ2n) is 28.8.